The van der Waals surface area contributed by atoms with E-state index in [2.05, 4.69) is 22.1 Å². The lowest BCUT2D eigenvalue weighted by Gasteiger charge is -2.15. The van der Waals surface area contributed by atoms with Gasteiger partial charge < -0.3 is 5.32 Å². The predicted octanol–water partition coefficient (Wildman–Crippen LogP) is 5.01. The van der Waals surface area contributed by atoms with E-state index >= 15 is 0 Å². The number of anilines is 1. The molecular weight excluding hydrogens is 387 g/mol. The van der Waals surface area contributed by atoms with E-state index in [0.29, 0.717) is 17.5 Å². The summed E-state index contributed by atoms with van der Waals surface area (Å²) in [5.41, 5.74) is 3.62. The third kappa shape index (κ3) is 4.74. The molecule has 0 spiro atoms. The summed E-state index contributed by atoms with van der Waals surface area (Å²) < 4.78 is 15.1. The molecule has 0 aliphatic carbocycles. The maximum absolute atomic E-state index is 13.2. The Morgan fingerprint density at radius 1 is 1.21 bits per heavy atom. The number of hydrogen-bond acceptors (Lipinski definition) is 4. The molecule has 0 radical (unpaired) electrons. The van der Waals surface area contributed by atoms with Crippen LogP contribution in [-0.4, -0.2) is 25.9 Å². The second-order valence-electron chi connectivity index (χ2n) is 6.73. The van der Waals surface area contributed by atoms with Crippen LogP contribution < -0.4 is 5.32 Å². The molecule has 1 aromatic heterocycles. The minimum absolute atomic E-state index is 0.108. The van der Waals surface area contributed by atoms with Gasteiger partial charge in [0.1, 0.15) is 5.82 Å². The molecule has 7 heteroatoms. The minimum Gasteiger partial charge on any atom is -0.325 e. The van der Waals surface area contributed by atoms with E-state index in [-0.39, 0.29) is 17.0 Å². The van der Waals surface area contributed by atoms with Crippen LogP contribution in [0.2, 0.25) is 0 Å². The third-order valence-corrected chi connectivity index (χ3v) is 5.59. The average molecular weight is 411 g/mol. The summed E-state index contributed by atoms with van der Waals surface area (Å²) in [5.74, 6) is 0.188. The number of rotatable bonds is 7. The summed E-state index contributed by atoms with van der Waals surface area (Å²) in [7, 11) is 0. The fourth-order valence-corrected chi connectivity index (χ4v) is 3.79. The molecule has 0 saturated carbocycles. The number of para-hydroxylation sites is 1. The lowest BCUT2D eigenvalue weighted by molar-refractivity contribution is -0.115. The van der Waals surface area contributed by atoms with Gasteiger partial charge in [-0.25, -0.2) is 4.39 Å². The molecule has 0 fully saturated rings. The largest absolute Gasteiger partial charge is 0.325 e. The van der Waals surface area contributed by atoms with Crippen LogP contribution in [0.5, 0.6) is 0 Å². The van der Waals surface area contributed by atoms with Gasteiger partial charge in [0.05, 0.1) is 5.25 Å². The summed E-state index contributed by atoms with van der Waals surface area (Å²) in [6, 6.07) is 12.0. The van der Waals surface area contributed by atoms with Gasteiger partial charge in [-0.2, -0.15) is 0 Å². The highest BCUT2D eigenvalue weighted by molar-refractivity contribution is 8.00. The van der Waals surface area contributed by atoms with Crippen molar-refractivity contribution in [1.82, 2.24) is 14.8 Å². The number of halogens is 1. The molecule has 0 saturated heterocycles. The zero-order chi connectivity index (χ0) is 21.0. The Morgan fingerprint density at radius 2 is 1.86 bits per heavy atom. The van der Waals surface area contributed by atoms with Crippen molar-refractivity contribution < 1.29 is 9.18 Å². The molecule has 0 aliphatic heterocycles. The van der Waals surface area contributed by atoms with Crippen molar-refractivity contribution in [2.24, 2.45) is 0 Å². The number of nitrogens with one attached hydrogen (secondary N) is 1. The molecule has 1 N–H and O–H groups in total. The van der Waals surface area contributed by atoms with Gasteiger partial charge in [-0.05, 0) is 56.2 Å². The first-order valence-corrected chi connectivity index (χ1v) is 10.1. The normalized spacial score (nSPS) is 11.9. The fourth-order valence-electron chi connectivity index (χ4n) is 2.93. The summed E-state index contributed by atoms with van der Waals surface area (Å²) in [6.07, 6.45) is 1.74. The van der Waals surface area contributed by atoms with E-state index in [1.54, 1.807) is 18.2 Å². The molecule has 3 aromatic rings. The van der Waals surface area contributed by atoms with Crippen molar-refractivity contribution in [3.8, 4) is 11.4 Å². The number of benzene rings is 2. The lowest BCUT2D eigenvalue weighted by Crippen LogP contribution is -2.24. The number of thioether (sulfide) groups is 1. The van der Waals surface area contributed by atoms with Gasteiger partial charge in [-0.1, -0.05) is 36.0 Å². The van der Waals surface area contributed by atoms with E-state index in [4.69, 9.17) is 0 Å². The van der Waals surface area contributed by atoms with Crippen LogP contribution in [0.15, 0.2) is 60.3 Å². The molecule has 3 rings (SSSR count). The van der Waals surface area contributed by atoms with Crippen LogP contribution in [0.1, 0.15) is 18.1 Å². The molecule has 0 bridgehead atoms. The quantitative estimate of drug-likeness (QED) is 0.440. The first kappa shape index (κ1) is 20.8. The summed E-state index contributed by atoms with van der Waals surface area (Å²) >= 11 is 1.32. The zero-order valence-electron chi connectivity index (χ0n) is 16.6. The van der Waals surface area contributed by atoms with Gasteiger partial charge in [0.25, 0.3) is 0 Å². The molecule has 0 unspecified atom stereocenters. The standard InChI is InChI=1S/C22H23FN4OS/c1-5-13-27-20(17-9-11-18(23)12-10-17)25-26-22(27)29-16(4)21(28)24-19-14(2)7-6-8-15(19)3/h5-12,16H,1,13H2,2-4H3,(H,24,28)/t16-/m0/s1. The van der Waals surface area contributed by atoms with E-state index in [1.165, 1.54) is 23.9 Å². The van der Waals surface area contributed by atoms with Gasteiger partial charge in [-0.15, -0.1) is 16.8 Å². The fraction of sp³-hybridized carbons (Fsp3) is 0.227. The molecule has 150 valence electrons. The summed E-state index contributed by atoms with van der Waals surface area (Å²) in [6.45, 7) is 10.0. The topological polar surface area (TPSA) is 59.8 Å². The van der Waals surface area contributed by atoms with Gasteiger partial charge in [0.15, 0.2) is 11.0 Å². The average Bonchev–Trinajstić information content (AvgIpc) is 3.08. The number of nitrogens with zero attached hydrogens (tertiary/aromatic N) is 3. The van der Waals surface area contributed by atoms with E-state index in [0.717, 1.165) is 22.4 Å². The van der Waals surface area contributed by atoms with Crippen LogP contribution in [0.4, 0.5) is 10.1 Å². The van der Waals surface area contributed by atoms with Crippen LogP contribution in [0.25, 0.3) is 11.4 Å². The summed E-state index contributed by atoms with van der Waals surface area (Å²) in [4.78, 5) is 12.8. The van der Waals surface area contributed by atoms with Gasteiger partial charge >= 0.3 is 0 Å². The molecule has 1 heterocycles. The summed E-state index contributed by atoms with van der Waals surface area (Å²) in [5, 5.41) is 11.7. The van der Waals surface area contributed by atoms with Gasteiger partial charge in [0, 0.05) is 17.8 Å². The molecule has 0 aliphatic rings. The number of carbonyl (C=O) groups excluding carboxylic acids is 1. The van der Waals surface area contributed by atoms with Gasteiger partial charge in [-0.3, -0.25) is 9.36 Å². The van der Waals surface area contributed by atoms with Crippen molar-refractivity contribution in [1.29, 1.82) is 0 Å². The van der Waals surface area contributed by atoms with Crippen LogP contribution in [0, 0.1) is 19.7 Å². The Labute approximate surface area is 174 Å². The predicted molar refractivity (Wildman–Crippen MR) is 115 cm³/mol. The van der Waals surface area contributed by atoms with E-state index in [1.807, 2.05) is 43.5 Å². The van der Waals surface area contributed by atoms with Crippen molar-refractivity contribution in [2.75, 3.05) is 5.32 Å². The second kappa shape index (κ2) is 9.05. The SMILES string of the molecule is C=CCn1c(S[C@@H](C)C(=O)Nc2c(C)cccc2C)nnc1-c1ccc(F)cc1. The monoisotopic (exact) mass is 410 g/mol. The van der Waals surface area contributed by atoms with Crippen molar-refractivity contribution >= 4 is 23.4 Å². The highest BCUT2D eigenvalue weighted by Crippen LogP contribution is 2.28. The van der Waals surface area contributed by atoms with Crippen LogP contribution >= 0.6 is 11.8 Å². The smallest absolute Gasteiger partial charge is 0.237 e. The Kier molecular flexibility index (Phi) is 6.49. The van der Waals surface area contributed by atoms with Crippen molar-refractivity contribution in [3.05, 3.63) is 72.1 Å². The Balaban J connectivity index is 1.81. The first-order chi connectivity index (χ1) is 13.9. The van der Waals surface area contributed by atoms with Crippen molar-refractivity contribution in [2.45, 2.75) is 37.7 Å². The lowest BCUT2D eigenvalue weighted by atomic mass is 10.1. The molecule has 5 nitrogen and oxygen atoms in total. The van der Waals surface area contributed by atoms with Crippen LogP contribution in [-0.2, 0) is 11.3 Å². The van der Waals surface area contributed by atoms with Gasteiger partial charge in [0.2, 0.25) is 5.91 Å². The number of hydrogen-bond donors (Lipinski definition) is 1. The highest BCUT2D eigenvalue weighted by Gasteiger charge is 2.21. The minimum atomic E-state index is -0.386. The molecule has 1 amide bonds. The Bertz CT molecular complexity index is 1010. The molecule has 29 heavy (non-hydrogen) atoms. The second-order valence-corrected chi connectivity index (χ2v) is 8.04. The Morgan fingerprint density at radius 3 is 2.48 bits per heavy atom. The number of aryl methyl sites for hydroxylation is 2. The first-order valence-electron chi connectivity index (χ1n) is 9.24. The number of allylic oxidation sites excluding steroid dienone is 1. The van der Waals surface area contributed by atoms with E-state index in [9.17, 15) is 9.18 Å². The number of aromatic nitrogens is 3. The number of amides is 1. The maximum atomic E-state index is 13.2. The number of carbonyl (C=O) groups is 1. The zero-order valence-corrected chi connectivity index (χ0v) is 17.5. The Hall–Kier alpha value is -2.93. The van der Waals surface area contributed by atoms with E-state index < -0.39 is 0 Å². The highest BCUT2D eigenvalue weighted by atomic mass is 32.2. The molecule has 2 aromatic carbocycles. The maximum Gasteiger partial charge on any atom is 0.237 e. The van der Waals surface area contributed by atoms with Crippen LogP contribution in [0.3, 0.4) is 0 Å². The third-order valence-electron chi connectivity index (χ3n) is 4.51. The molecular formula is C22H23FN4OS. The molecule has 1 atom stereocenters. The van der Waals surface area contributed by atoms with Crippen molar-refractivity contribution in [3.63, 3.8) is 0 Å².